The number of hydrogen-bond donors (Lipinski definition) is 3. The second kappa shape index (κ2) is 7.22. The van der Waals surface area contributed by atoms with E-state index in [9.17, 15) is 19.7 Å². The molecule has 0 fully saturated rings. The third kappa shape index (κ3) is 4.16. The Labute approximate surface area is 121 Å². The Bertz CT molecular complexity index is 526. The summed E-state index contributed by atoms with van der Waals surface area (Å²) >= 11 is 0. The molecule has 0 aliphatic carbocycles. The molecule has 21 heavy (non-hydrogen) atoms. The third-order valence-corrected chi connectivity index (χ3v) is 2.77. The van der Waals surface area contributed by atoms with E-state index in [1.165, 1.54) is 25.1 Å². The Morgan fingerprint density at radius 3 is 2.62 bits per heavy atom. The van der Waals surface area contributed by atoms with Gasteiger partial charge in [0.15, 0.2) is 0 Å². The highest BCUT2D eigenvalue weighted by Crippen LogP contribution is 2.28. The molecule has 1 aromatic carbocycles. The van der Waals surface area contributed by atoms with Gasteiger partial charge in [0.25, 0.3) is 5.69 Å². The highest BCUT2D eigenvalue weighted by Gasteiger charge is 2.24. The fraction of sp³-hybridized carbons (Fsp3) is 0.385. The Hall–Kier alpha value is -2.64. The van der Waals surface area contributed by atoms with Gasteiger partial charge in [-0.15, -0.1) is 0 Å². The number of carboxylic acid groups (broad SMARTS) is 1. The number of aromatic carboxylic acids is 1. The summed E-state index contributed by atoms with van der Waals surface area (Å²) in [5, 5.41) is 25.3. The van der Waals surface area contributed by atoms with Crippen molar-refractivity contribution in [3.63, 3.8) is 0 Å². The first-order chi connectivity index (χ1) is 9.88. The monoisotopic (exact) mass is 295 g/mol. The first-order valence-corrected chi connectivity index (χ1v) is 6.43. The van der Waals surface area contributed by atoms with Crippen molar-refractivity contribution in [2.75, 3.05) is 11.9 Å². The molecule has 8 heteroatoms. The second-order valence-electron chi connectivity index (χ2n) is 4.42. The number of carbonyl (C=O) groups excluding carboxylic acids is 1. The van der Waals surface area contributed by atoms with Crippen LogP contribution < -0.4 is 10.6 Å². The first-order valence-electron chi connectivity index (χ1n) is 6.43. The molecule has 1 unspecified atom stereocenters. The summed E-state index contributed by atoms with van der Waals surface area (Å²) in [4.78, 5) is 33.2. The number of nitro benzene ring substituents is 1. The van der Waals surface area contributed by atoms with Crippen LogP contribution in [0.1, 0.15) is 30.6 Å². The summed E-state index contributed by atoms with van der Waals surface area (Å²) in [7, 11) is 0. The normalized spacial score (nSPS) is 11.5. The van der Waals surface area contributed by atoms with Crippen LogP contribution in [-0.2, 0) is 4.79 Å². The zero-order valence-electron chi connectivity index (χ0n) is 11.8. The summed E-state index contributed by atoms with van der Waals surface area (Å²) in [6.07, 6.45) is 0.754. The number of nitrogens with zero attached hydrogens (tertiary/aromatic N) is 1. The first kappa shape index (κ1) is 16.4. The molecular weight excluding hydrogens is 278 g/mol. The lowest BCUT2D eigenvalue weighted by molar-refractivity contribution is -0.384. The largest absolute Gasteiger partial charge is 0.478 e. The van der Waals surface area contributed by atoms with Gasteiger partial charge in [-0.2, -0.15) is 0 Å². The van der Waals surface area contributed by atoms with E-state index in [1.54, 1.807) is 0 Å². The van der Waals surface area contributed by atoms with E-state index in [0.717, 1.165) is 6.42 Å². The number of carboxylic acids is 1. The van der Waals surface area contributed by atoms with Crippen molar-refractivity contribution < 1.29 is 19.6 Å². The zero-order chi connectivity index (χ0) is 16.0. The zero-order valence-corrected chi connectivity index (χ0v) is 11.8. The van der Waals surface area contributed by atoms with Crippen molar-refractivity contribution in [2.24, 2.45) is 0 Å². The number of nitrogens with one attached hydrogen (secondary N) is 2. The number of hydrogen-bond acceptors (Lipinski definition) is 5. The Kier molecular flexibility index (Phi) is 5.65. The van der Waals surface area contributed by atoms with Gasteiger partial charge in [-0.1, -0.05) is 13.0 Å². The molecule has 0 saturated carbocycles. The summed E-state index contributed by atoms with van der Waals surface area (Å²) in [6.45, 7) is 3.88. The van der Waals surface area contributed by atoms with E-state index < -0.39 is 16.9 Å². The van der Waals surface area contributed by atoms with Crippen LogP contribution in [0.15, 0.2) is 18.2 Å². The molecule has 114 valence electrons. The number of para-hydroxylation sites is 1. The van der Waals surface area contributed by atoms with Crippen molar-refractivity contribution in [3.8, 4) is 0 Å². The highest BCUT2D eigenvalue weighted by atomic mass is 16.6. The van der Waals surface area contributed by atoms with Gasteiger partial charge < -0.3 is 15.7 Å². The van der Waals surface area contributed by atoms with Gasteiger partial charge in [-0.25, -0.2) is 4.79 Å². The molecule has 0 heterocycles. The van der Waals surface area contributed by atoms with Gasteiger partial charge in [0.05, 0.1) is 10.5 Å². The average molecular weight is 295 g/mol. The van der Waals surface area contributed by atoms with Crippen LogP contribution in [-0.4, -0.2) is 34.5 Å². The molecule has 1 aromatic rings. The molecule has 1 amide bonds. The molecule has 1 rings (SSSR count). The van der Waals surface area contributed by atoms with Crippen molar-refractivity contribution in [3.05, 3.63) is 33.9 Å². The topological polar surface area (TPSA) is 122 Å². The van der Waals surface area contributed by atoms with Crippen LogP contribution in [0.2, 0.25) is 0 Å². The second-order valence-corrected chi connectivity index (χ2v) is 4.42. The van der Waals surface area contributed by atoms with Gasteiger partial charge in [-0.3, -0.25) is 14.9 Å². The maximum absolute atomic E-state index is 11.8. The molecular formula is C13H17N3O5. The maximum Gasteiger partial charge on any atom is 0.338 e. The minimum absolute atomic E-state index is 0.172. The van der Waals surface area contributed by atoms with Gasteiger partial charge in [0, 0.05) is 12.6 Å². The Morgan fingerprint density at radius 1 is 1.43 bits per heavy atom. The number of benzene rings is 1. The van der Waals surface area contributed by atoms with E-state index in [4.69, 9.17) is 5.11 Å². The van der Waals surface area contributed by atoms with Gasteiger partial charge in [0.2, 0.25) is 5.91 Å². The molecule has 8 nitrogen and oxygen atoms in total. The van der Waals surface area contributed by atoms with Crippen LogP contribution in [0, 0.1) is 10.1 Å². The summed E-state index contributed by atoms with van der Waals surface area (Å²) in [5.74, 6) is -1.66. The molecule has 3 N–H and O–H groups in total. The van der Waals surface area contributed by atoms with E-state index in [-0.39, 0.29) is 22.8 Å². The van der Waals surface area contributed by atoms with Gasteiger partial charge in [-0.05, 0) is 19.4 Å². The quantitative estimate of drug-likeness (QED) is 0.519. The number of carbonyl (C=O) groups is 2. The molecule has 0 saturated heterocycles. The summed E-state index contributed by atoms with van der Waals surface area (Å²) < 4.78 is 0. The molecule has 0 bridgehead atoms. The smallest absolute Gasteiger partial charge is 0.338 e. The molecule has 0 radical (unpaired) electrons. The van der Waals surface area contributed by atoms with Crippen molar-refractivity contribution in [1.29, 1.82) is 0 Å². The van der Waals surface area contributed by atoms with E-state index in [0.29, 0.717) is 6.54 Å². The summed E-state index contributed by atoms with van der Waals surface area (Å²) in [5.41, 5.74) is -0.807. The van der Waals surface area contributed by atoms with Crippen molar-refractivity contribution >= 4 is 23.3 Å². The Balaban J connectivity index is 3.07. The Morgan fingerprint density at radius 2 is 2.10 bits per heavy atom. The molecule has 1 atom stereocenters. The maximum atomic E-state index is 11.8. The lowest BCUT2D eigenvalue weighted by Gasteiger charge is -2.16. The lowest BCUT2D eigenvalue weighted by Crippen LogP contribution is -2.38. The average Bonchev–Trinajstić information content (AvgIpc) is 2.44. The number of amides is 1. The molecule has 0 aliphatic heterocycles. The SMILES string of the molecule is CCCNC(=O)C(C)Nc1c(C(=O)O)cccc1[N+](=O)[O-]. The fourth-order valence-electron chi connectivity index (χ4n) is 1.71. The summed E-state index contributed by atoms with van der Waals surface area (Å²) in [6, 6.07) is 2.92. The van der Waals surface area contributed by atoms with Gasteiger partial charge >= 0.3 is 5.97 Å². The van der Waals surface area contributed by atoms with Crippen molar-refractivity contribution in [1.82, 2.24) is 5.32 Å². The van der Waals surface area contributed by atoms with Crippen LogP contribution in [0.4, 0.5) is 11.4 Å². The standard InChI is InChI=1S/C13H17N3O5/c1-3-7-14-12(17)8(2)15-11-9(13(18)19)5-4-6-10(11)16(20)21/h4-6,8,15H,3,7H2,1-2H3,(H,14,17)(H,18,19). The fourth-order valence-corrected chi connectivity index (χ4v) is 1.71. The molecule has 0 spiro atoms. The molecule has 0 aliphatic rings. The van der Waals surface area contributed by atoms with Crippen LogP contribution >= 0.6 is 0 Å². The number of nitro groups is 1. The minimum Gasteiger partial charge on any atom is -0.478 e. The van der Waals surface area contributed by atoms with E-state index in [1.807, 2.05) is 6.92 Å². The lowest BCUT2D eigenvalue weighted by atomic mass is 10.1. The number of anilines is 1. The van der Waals surface area contributed by atoms with Crippen LogP contribution in [0.3, 0.4) is 0 Å². The number of rotatable bonds is 7. The minimum atomic E-state index is -1.30. The predicted octanol–water partition coefficient (Wildman–Crippen LogP) is 1.62. The third-order valence-electron chi connectivity index (χ3n) is 2.77. The highest BCUT2D eigenvalue weighted by molar-refractivity contribution is 5.98. The predicted molar refractivity (Wildman–Crippen MR) is 76.4 cm³/mol. The van der Waals surface area contributed by atoms with Crippen LogP contribution in [0.25, 0.3) is 0 Å². The van der Waals surface area contributed by atoms with Crippen LogP contribution in [0.5, 0.6) is 0 Å². The molecule has 0 aromatic heterocycles. The van der Waals surface area contributed by atoms with Crippen molar-refractivity contribution in [2.45, 2.75) is 26.3 Å². The van der Waals surface area contributed by atoms with E-state index >= 15 is 0 Å². The van der Waals surface area contributed by atoms with E-state index in [2.05, 4.69) is 10.6 Å². The van der Waals surface area contributed by atoms with Gasteiger partial charge in [0.1, 0.15) is 11.7 Å².